The number of halogens is 1. The summed E-state index contributed by atoms with van der Waals surface area (Å²) in [6.07, 6.45) is 10.2. The largest absolute Gasteiger partial charge is 0.497 e. The number of benzene rings is 4. The third-order valence-corrected chi connectivity index (χ3v) is 17.4. The second kappa shape index (κ2) is 22.0. The molecule has 1 saturated heterocycles. The van der Waals surface area contributed by atoms with Crippen molar-refractivity contribution < 1.29 is 35.7 Å². The van der Waals surface area contributed by atoms with Gasteiger partial charge in [0, 0.05) is 62.9 Å². The fraction of sp³-hybridized carbons (Fsp3) is 0.286. The van der Waals surface area contributed by atoms with Crippen molar-refractivity contribution in [3.8, 4) is 11.1 Å². The minimum absolute atomic E-state index is 0. The molecule has 2 aliphatic carbocycles. The van der Waals surface area contributed by atoms with E-state index in [4.69, 9.17) is 20.8 Å². The SMILES string of the molecule is C.C.Cc1ccc(S(=O)(=O)n2cc(-c3ccnc(NC(=O)C4CC4)c3)c3cccc(N)c32)cc1.Cc1ccc(S(=O)(=O)n2cc(B3OC(C)(C)C(C)(C)O3)c3cccc(N)c32)cc1.O=C(Nc1cc(Br)ccn1)C1CC1. The van der Waals surface area contributed by atoms with Gasteiger partial charge < -0.3 is 31.4 Å². The molecular formula is C56H64BBrN8O8S2. The van der Waals surface area contributed by atoms with Crippen LogP contribution in [-0.2, 0) is 38.9 Å². The summed E-state index contributed by atoms with van der Waals surface area (Å²) in [5, 5.41) is 7.00. The molecule has 16 nitrogen and oxygen atoms in total. The number of nitrogens with one attached hydrogen (secondary N) is 2. The molecule has 0 radical (unpaired) electrons. The van der Waals surface area contributed by atoms with Gasteiger partial charge in [0.05, 0.1) is 43.4 Å². The Morgan fingerprint density at radius 3 is 1.54 bits per heavy atom. The second-order valence-electron chi connectivity index (χ2n) is 19.7. The number of pyridine rings is 2. The molecule has 0 bridgehead atoms. The van der Waals surface area contributed by atoms with Gasteiger partial charge in [-0.1, -0.05) is 90.4 Å². The number of para-hydroxylation sites is 2. The molecule has 20 heteroatoms. The number of amides is 2. The second-order valence-corrected chi connectivity index (χ2v) is 24.3. The summed E-state index contributed by atoms with van der Waals surface area (Å²) >= 11 is 3.31. The highest BCUT2D eigenvalue weighted by Gasteiger charge is 2.52. The molecule has 6 N–H and O–H groups in total. The molecule has 0 unspecified atom stereocenters. The van der Waals surface area contributed by atoms with Gasteiger partial charge in [-0.3, -0.25) is 9.59 Å². The Bertz CT molecular complexity index is 3670. The van der Waals surface area contributed by atoms with Crippen LogP contribution in [-0.4, -0.2) is 64.9 Å². The first kappa shape index (κ1) is 56.9. The van der Waals surface area contributed by atoms with E-state index in [1.165, 1.54) is 7.94 Å². The fourth-order valence-electron chi connectivity index (χ4n) is 8.28. The van der Waals surface area contributed by atoms with Gasteiger partial charge in [0.15, 0.2) is 0 Å². The van der Waals surface area contributed by atoms with Gasteiger partial charge in [-0.25, -0.2) is 34.7 Å². The average Bonchev–Trinajstić information content (AvgIpc) is 4.29. The zero-order valence-electron chi connectivity index (χ0n) is 41.7. The molecule has 4 aromatic carbocycles. The average molecular weight is 1130 g/mol. The van der Waals surface area contributed by atoms with Crippen LogP contribution >= 0.6 is 15.9 Å². The summed E-state index contributed by atoms with van der Waals surface area (Å²) in [7, 11) is -8.41. The molecule has 1 aliphatic heterocycles. The molecule has 398 valence electrons. The fourth-order valence-corrected chi connectivity index (χ4v) is 11.4. The van der Waals surface area contributed by atoms with Crippen molar-refractivity contribution in [2.45, 2.75) is 103 Å². The topological polar surface area (TPSA) is 233 Å². The van der Waals surface area contributed by atoms with Gasteiger partial charge in [-0.05, 0) is 133 Å². The Labute approximate surface area is 454 Å². The maximum atomic E-state index is 13.5. The zero-order chi connectivity index (χ0) is 52.9. The van der Waals surface area contributed by atoms with Gasteiger partial charge in [0.1, 0.15) is 11.6 Å². The molecule has 0 spiro atoms. The molecule has 3 fully saturated rings. The lowest BCUT2D eigenvalue weighted by molar-refractivity contribution is -0.118. The van der Waals surface area contributed by atoms with Crippen LogP contribution in [0.1, 0.15) is 79.4 Å². The first-order chi connectivity index (χ1) is 35.0. The van der Waals surface area contributed by atoms with E-state index in [0.717, 1.165) is 46.8 Å². The number of rotatable bonds is 10. The Morgan fingerprint density at radius 1 is 0.632 bits per heavy atom. The third-order valence-electron chi connectivity index (χ3n) is 13.5. The van der Waals surface area contributed by atoms with E-state index in [2.05, 4.69) is 36.5 Å². The summed E-state index contributed by atoms with van der Waals surface area (Å²) in [5.41, 5.74) is 17.0. The van der Waals surface area contributed by atoms with Crippen molar-refractivity contribution in [1.29, 1.82) is 0 Å². The molecule has 4 aromatic heterocycles. The van der Waals surface area contributed by atoms with Crippen molar-refractivity contribution in [3.63, 3.8) is 0 Å². The lowest BCUT2D eigenvalue weighted by Crippen LogP contribution is -2.41. The van der Waals surface area contributed by atoms with E-state index in [1.54, 1.807) is 116 Å². The van der Waals surface area contributed by atoms with E-state index in [9.17, 15) is 26.4 Å². The maximum absolute atomic E-state index is 13.5. The van der Waals surface area contributed by atoms with Gasteiger partial charge >= 0.3 is 7.12 Å². The van der Waals surface area contributed by atoms with Crippen LogP contribution < -0.4 is 27.6 Å². The number of nitrogens with zero attached hydrogens (tertiary/aromatic N) is 4. The zero-order valence-corrected chi connectivity index (χ0v) is 44.9. The van der Waals surface area contributed by atoms with E-state index >= 15 is 0 Å². The van der Waals surface area contributed by atoms with Crippen molar-refractivity contribution in [2.24, 2.45) is 11.8 Å². The monoisotopic (exact) mass is 1130 g/mol. The summed E-state index contributed by atoms with van der Waals surface area (Å²) < 4.78 is 69.6. The number of aromatic nitrogens is 4. The van der Waals surface area contributed by atoms with E-state index in [0.29, 0.717) is 55.8 Å². The standard InChI is InChI=1S/C24H22N4O3S.C21H25BN2O4S.C9H9BrN2O.2CH4/c1-15-5-9-18(10-6-15)32(30,31)28-14-20(19-3-2-4-21(25)23(19)28)17-11-12-26-22(13-17)27-24(29)16-7-8-16;1-14-9-11-15(12-10-14)29(25,26)24-13-17(16-7-6-8-18(23)19(16)24)22-27-20(2,3)21(4,5)28-22;10-7-3-4-11-8(5-7)12-9(13)6-1-2-6;;/h2-6,9-14,16H,7-8,25H2,1H3,(H,26,27,29);6-13H,23H2,1-5H3;3-6H,1-2H2,(H,11,12,13);2*1H4. The quantitative estimate of drug-likeness (QED) is 0.0740. The minimum Gasteiger partial charge on any atom is -0.399 e. The number of nitrogen functional groups attached to an aromatic ring is 2. The molecule has 2 saturated carbocycles. The number of carbonyl (C=O) groups excluding carboxylic acids is 2. The highest BCUT2D eigenvalue weighted by atomic mass is 79.9. The number of hydrogen-bond donors (Lipinski definition) is 4. The number of fused-ring (bicyclic) bond motifs is 2. The van der Waals surface area contributed by atoms with Crippen LogP contribution in [0.4, 0.5) is 23.0 Å². The van der Waals surface area contributed by atoms with Gasteiger partial charge in [0.2, 0.25) is 11.8 Å². The summed E-state index contributed by atoms with van der Waals surface area (Å²) in [6.45, 7) is 11.7. The summed E-state index contributed by atoms with van der Waals surface area (Å²) in [4.78, 5) is 32.1. The first-order valence-electron chi connectivity index (χ1n) is 24.0. The predicted molar refractivity (Wildman–Crippen MR) is 307 cm³/mol. The van der Waals surface area contributed by atoms with Gasteiger partial charge in [-0.2, -0.15) is 0 Å². The highest BCUT2D eigenvalue weighted by Crippen LogP contribution is 2.39. The maximum Gasteiger partial charge on any atom is 0.497 e. The van der Waals surface area contributed by atoms with Crippen molar-refractivity contribution in [2.75, 3.05) is 22.1 Å². The Kier molecular flexibility index (Phi) is 16.5. The molecule has 5 heterocycles. The van der Waals surface area contributed by atoms with E-state index in [-0.39, 0.29) is 48.3 Å². The van der Waals surface area contributed by atoms with Crippen LogP contribution in [0.2, 0.25) is 0 Å². The molecule has 76 heavy (non-hydrogen) atoms. The van der Waals surface area contributed by atoms with E-state index in [1.807, 2.05) is 59.7 Å². The molecule has 3 aliphatic rings. The number of anilines is 4. The minimum atomic E-state index is -3.87. The number of hydrogen-bond acceptors (Lipinski definition) is 12. The normalized spacial score (nSPS) is 15.5. The smallest absolute Gasteiger partial charge is 0.399 e. The number of nitrogens with two attached hydrogens (primary N) is 2. The molecule has 0 atom stereocenters. The predicted octanol–water partition coefficient (Wildman–Crippen LogP) is 10.7. The summed E-state index contributed by atoms with van der Waals surface area (Å²) in [5.74, 6) is 1.38. The van der Waals surface area contributed by atoms with Gasteiger partial charge in [0.25, 0.3) is 20.0 Å². The lowest BCUT2D eigenvalue weighted by atomic mass is 9.79. The van der Waals surface area contributed by atoms with Crippen molar-refractivity contribution in [1.82, 2.24) is 17.9 Å². The van der Waals surface area contributed by atoms with Crippen molar-refractivity contribution >= 4 is 105 Å². The Morgan fingerprint density at radius 2 is 1.07 bits per heavy atom. The number of carbonyl (C=O) groups is 2. The van der Waals surface area contributed by atoms with Crippen LogP contribution in [0.5, 0.6) is 0 Å². The Balaban J connectivity index is 0.000000176. The van der Waals surface area contributed by atoms with E-state index < -0.39 is 38.4 Å². The van der Waals surface area contributed by atoms with Crippen LogP contribution in [0, 0.1) is 25.7 Å². The lowest BCUT2D eigenvalue weighted by Gasteiger charge is -2.32. The molecule has 8 aromatic rings. The molecular weight excluding hydrogens is 1070 g/mol. The van der Waals surface area contributed by atoms with Crippen LogP contribution in [0.3, 0.4) is 0 Å². The molecule has 2 amide bonds. The van der Waals surface area contributed by atoms with Crippen LogP contribution in [0.25, 0.3) is 32.9 Å². The Hall–Kier alpha value is -6.84. The highest BCUT2D eigenvalue weighted by molar-refractivity contribution is 9.10. The first-order valence-corrected chi connectivity index (χ1v) is 27.7. The summed E-state index contributed by atoms with van der Waals surface area (Å²) in [6, 6.07) is 31.3. The van der Waals surface area contributed by atoms with Crippen LogP contribution in [0.15, 0.2) is 148 Å². The third kappa shape index (κ3) is 11.8. The number of aryl methyl sites for hydroxylation is 2. The van der Waals surface area contributed by atoms with Gasteiger partial charge in [-0.15, -0.1) is 0 Å². The molecule has 11 rings (SSSR count). The van der Waals surface area contributed by atoms with Crippen molar-refractivity contribution in [3.05, 3.63) is 150 Å².